The molecule has 1 N–H and O–H groups in total. The fraction of sp³-hybridized carbons (Fsp3) is 0.923. The largest absolute Gasteiger partial charge is 0.481 e. The zero-order valence-electron chi connectivity index (χ0n) is 10.6. The summed E-state index contributed by atoms with van der Waals surface area (Å²) < 4.78 is 0. The zero-order chi connectivity index (χ0) is 12.0. The van der Waals surface area contributed by atoms with Gasteiger partial charge in [0.15, 0.2) is 0 Å². The van der Waals surface area contributed by atoms with E-state index in [0.717, 1.165) is 18.9 Å². The number of nitrogens with zero attached hydrogens (tertiary/aromatic N) is 1. The molecule has 3 heteroatoms. The molecule has 0 aromatic carbocycles. The van der Waals surface area contributed by atoms with E-state index in [1.807, 2.05) is 0 Å². The minimum atomic E-state index is -0.654. The van der Waals surface area contributed by atoms with Gasteiger partial charge in [-0.05, 0) is 50.6 Å². The third kappa shape index (κ3) is 5.50. The Balaban J connectivity index is 2.07. The van der Waals surface area contributed by atoms with Crippen molar-refractivity contribution >= 4 is 5.97 Å². The van der Waals surface area contributed by atoms with Crippen molar-refractivity contribution < 1.29 is 9.90 Å². The molecule has 1 unspecified atom stereocenters. The van der Waals surface area contributed by atoms with E-state index in [9.17, 15) is 4.79 Å². The molecule has 16 heavy (non-hydrogen) atoms. The summed E-state index contributed by atoms with van der Waals surface area (Å²) in [5.74, 6) is 0.763. The average molecular weight is 227 g/mol. The number of carbonyl (C=O) groups is 1. The molecule has 0 saturated carbocycles. The van der Waals surface area contributed by atoms with Crippen LogP contribution in [-0.2, 0) is 4.79 Å². The molecule has 94 valence electrons. The van der Waals surface area contributed by atoms with E-state index in [0.29, 0.717) is 12.3 Å². The predicted molar refractivity (Wildman–Crippen MR) is 65.5 cm³/mol. The van der Waals surface area contributed by atoms with Gasteiger partial charge in [-0.25, -0.2) is 0 Å². The highest BCUT2D eigenvalue weighted by Crippen LogP contribution is 2.21. The van der Waals surface area contributed by atoms with Crippen LogP contribution in [0.4, 0.5) is 0 Å². The second-order valence-electron chi connectivity index (χ2n) is 5.42. The molecule has 0 aromatic rings. The molecule has 0 amide bonds. The minimum absolute atomic E-state index is 0.338. The van der Waals surface area contributed by atoms with Crippen molar-refractivity contribution in [1.29, 1.82) is 0 Å². The van der Waals surface area contributed by atoms with Crippen LogP contribution in [0.15, 0.2) is 0 Å². The topological polar surface area (TPSA) is 40.5 Å². The van der Waals surface area contributed by atoms with Crippen LogP contribution in [-0.4, -0.2) is 35.6 Å². The molecule has 0 aromatic heterocycles. The standard InChI is InChI=1S/C13H25NO2/c1-11(2)4-3-8-14-9-7-12(10-14)5-6-13(15)16/h11-12H,3-10H2,1-2H3,(H,15,16). The van der Waals surface area contributed by atoms with Crippen molar-refractivity contribution in [2.24, 2.45) is 11.8 Å². The van der Waals surface area contributed by atoms with Gasteiger partial charge in [-0.3, -0.25) is 4.79 Å². The average Bonchev–Trinajstić information content (AvgIpc) is 2.62. The Morgan fingerprint density at radius 2 is 2.25 bits per heavy atom. The monoisotopic (exact) mass is 227 g/mol. The van der Waals surface area contributed by atoms with Crippen LogP contribution in [0, 0.1) is 11.8 Å². The van der Waals surface area contributed by atoms with E-state index >= 15 is 0 Å². The highest BCUT2D eigenvalue weighted by molar-refractivity contribution is 5.66. The van der Waals surface area contributed by atoms with Crippen molar-refractivity contribution in [2.75, 3.05) is 19.6 Å². The number of likely N-dealkylation sites (tertiary alicyclic amines) is 1. The number of rotatable bonds is 7. The highest BCUT2D eigenvalue weighted by Gasteiger charge is 2.22. The number of hydrogen-bond donors (Lipinski definition) is 1. The summed E-state index contributed by atoms with van der Waals surface area (Å²) >= 11 is 0. The van der Waals surface area contributed by atoms with E-state index in [-0.39, 0.29) is 0 Å². The molecule has 1 saturated heterocycles. The van der Waals surface area contributed by atoms with Gasteiger partial charge < -0.3 is 10.0 Å². The fourth-order valence-corrected chi connectivity index (χ4v) is 2.40. The van der Waals surface area contributed by atoms with E-state index in [4.69, 9.17) is 5.11 Å². The summed E-state index contributed by atoms with van der Waals surface area (Å²) in [6, 6.07) is 0. The van der Waals surface area contributed by atoms with E-state index < -0.39 is 5.97 Å². The molecular formula is C13H25NO2. The zero-order valence-corrected chi connectivity index (χ0v) is 10.6. The third-order valence-corrected chi connectivity index (χ3v) is 3.39. The van der Waals surface area contributed by atoms with Crippen LogP contribution in [0.25, 0.3) is 0 Å². The Morgan fingerprint density at radius 1 is 1.50 bits per heavy atom. The van der Waals surface area contributed by atoms with E-state index in [1.54, 1.807) is 0 Å². The normalized spacial score (nSPS) is 21.8. The molecule has 0 aliphatic carbocycles. The lowest BCUT2D eigenvalue weighted by Gasteiger charge is -2.16. The first kappa shape index (κ1) is 13.5. The molecule has 3 nitrogen and oxygen atoms in total. The van der Waals surface area contributed by atoms with Crippen LogP contribution in [0.1, 0.15) is 46.0 Å². The van der Waals surface area contributed by atoms with Gasteiger partial charge >= 0.3 is 5.97 Å². The lowest BCUT2D eigenvalue weighted by Crippen LogP contribution is -2.22. The quantitative estimate of drug-likeness (QED) is 0.727. The van der Waals surface area contributed by atoms with Gasteiger partial charge in [-0.2, -0.15) is 0 Å². The Kier molecular flexibility index (Phi) is 5.81. The molecule has 1 heterocycles. The van der Waals surface area contributed by atoms with Gasteiger partial charge in [0, 0.05) is 13.0 Å². The van der Waals surface area contributed by atoms with Gasteiger partial charge in [0.05, 0.1) is 0 Å². The van der Waals surface area contributed by atoms with Crippen molar-refractivity contribution in [2.45, 2.75) is 46.0 Å². The molecular weight excluding hydrogens is 202 g/mol. The summed E-state index contributed by atoms with van der Waals surface area (Å²) in [5.41, 5.74) is 0. The van der Waals surface area contributed by atoms with Gasteiger partial charge in [0.1, 0.15) is 0 Å². The second kappa shape index (κ2) is 6.89. The summed E-state index contributed by atoms with van der Waals surface area (Å²) in [6.45, 7) is 8.01. The first-order valence-corrected chi connectivity index (χ1v) is 6.52. The van der Waals surface area contributed by atoms with Crippen LogP contribution in [0.3, 0.4) is 0 Å². The van der Waals surface area contributed by atoms with Gasteiger partial charge in [0.25, 0.3) is 0 Å². The number of aliphatic carboxylic acids is 1. The maximum absolute atomic E-state index is 10.5. The van der Waals surface area contributed by atoms with Crippen LogP contribution in [0.5, 0.6) is 0 Å². The summed E-state index contributed by atoms with van der Waals surface area (Å²) in [5, 5.41) is 8.63. The Bertz CT molecular complexity index is 216. The Hall–Kier alpha value is -0.570. The molecule has 0 bridgehead atoms. The highest BCUT2D eigenvalue weighted by atomic mass is 16.4. The first-order chi connectivity index (χ1) is 7.58. The second-order valence-corrected chi connectivity index (χ2v) is 5.42. The molecule has 1 atom stereocenters. The van der Waals surface area contributed by atoms with E-state index in [1.165, 1.54) is 32.4 Å². The summed E-state index contributed by atoms with van der Waals surface area (Å²) in [6.07, 6.45) is 4.97. The van der Waals surface area contributed by atoms with E-state index in [2.05, 4.69) is 18.7 Å². The number of carboxylic acid groups (broad SMARTS) is 1. The molecule has 1 rings (SSSR count). The smallest absolute Gasteiger partial charge is 0.303 e. The number of hydrogen-bond acceptors (Lipinski definition) is 2. The Labute approximate surface area is 98.8 Å². The van der Waals surface area contributed by atoms with Gasteiger partial charge in [0.2, 0.25) is 0 Å². The third-order valence-electron chi connectivity index (χ3n) is 3.39. The molecule has 1 fully saturated rings. The first-order valence-electron chi connectivity index (χ1n) is 6.52. The molecule has 1 aliphatic rings. The van der Waals surface area contributed by atoms with Crippen LogP contribution < -0.4 is 0 Å². The van der Waals surface area contributed by atoms with Crippen molar-refractivity contribution in [3.63, 3.8) is 0 Å². The summed E-state index contributed by atoms with van der Waals surface area (Å²) in [4.78, 5) is 13.0. The van der Waals surface area contributed by atoms with Gasteiger partial charge in [-0.1, -0.05) is 13.8 Å². The maximum atomic E-state index is 10.5. The molecule has 0 radical (unpaired) electrons. The lowest BCUT2D eigenvalue weighted by molar-refractivity contribution is -0.137. The SMILES string of the molecule is CC(C)CCCN1CCC(CCC(=O)O)C1. The van der Waals surface area contributed by atoms with Crippen LogP contribution in [0.2, 0.25) is 0 Å². The lowest BCUT2D eigenvalue weighted by atomic mass is 10.0. The fourth-order valence-electron chi connectivity index (χ4n) is 2.40. The van der Waals surface area contributed by atoms with Crippen molar-refractivity contribution in [3.05, 3.63) is 0 Å². The summed E-state index contributed by atoms with van der Waals surface area (Å²) in [7, 11) is 0. The molecule has 0 spiro atoms. The van der Waals surface area contributed by atoms with Crippen molar-refractivity contribution in [1.82, 2.24) is 4.90 Å². The maximum Gasteiger partial charge on any atom is 0.303 e. The van der Waals surface area contributed by atoms with Crippen molar-refractivity contribution in [3.8, 4) is 0 Å². The number of carboxylic acids is 1. The molecule has 1 aliphatic heterocycles. The van der Waals surface area contributed by atoms with Crippen LogP contribution >= 0.6 is 0 Å². The minimum Gasteiger partial charge on any atom is -0.481 e. The Morgan fingerprint density at radius 3 is 2.88 bits per heavy atom. The predicted octanol–water partition coefficient (Wildman–Crippen LogP) is 2.61. The van der Waals surface area contributed by atoms with Gasteiger partial charge in [-0.15, -0.1) is 0 Å².